The van der Waals surface area contributed by atoms with Crippen molar-refractivity contribution in [2.24, 2.45) is 0 Å². The number of hydrogen-bond acceptors (Lipinski definition) is 0. The Hall–Kier alpha value is -1.25. The molecule has 1 aromatic rings. The highest BCUT2D eigenvalue weighted by atomic mass is 19.4. The van der Waals surface area contributed by atoms with Crippen LogP contribution in [0.25, 0.3) is 0 Å². The average molecular weight is 214 g/mol. The Balaban J connectivity index is 2.69. The largest absolute Gasteiger partial charge is 0.416 e. The van der Waals surface area contributed by atoms with Gasteiger partial charge in [-0.15, -0.1) is 0 Å². The van der Waals surface area contributed by atoms with Crippen LogP contribution in [0.15, 0.2) is 36.4 Å². The molecule has 0 heterocycles. The first kappa shape index (κ1) is 11.8. The topological polar surface area (TPSA) is 0 Å². The second-order valence-electron chi connectivity index (χ2n) is 3.28. The lowest BCUT2D eigenvalue weighted by atomic mass is 10.1. The molecule has 82 valence electrons. The highest BCUT2D eigenvalue weighted by Crippen LogP contribution is 2.29. The third-order valence-electron chi connectivity index (χ3n) is 2.04. The van der Waals surface area contributed by atoms with E-state index in [1.807, 2.05) is 19.1 Å². The Kier molecular flexibility index (Phi) is 3.95. The van der Waals surface area contributed by atoms with Gasteiger partial charge in [0, 0.05) is 0 Å². The molecule has 1 aromatic carbocycles. The van der Waals surface area contributed by atoms with E-state index >= 15 is 0 Å². The molecule has 3 heteroatoms. The molecule has 0 saturated carbocycles. The number of allylic oxidation sites excluding steroid dienone is 2. The molecule has 15 heavy (non-hydrogen) atoms. The van der Waals surface area contributed by atoms with Crippen LogP contribution >= 0.6 is 0 Å². The van der Waals surface area contributed by atoms with Crippen molar-refractivity contribution in [3.63, 3.8) is 0 Å². The van der Waals surface area contributed by atoms with Gasteiger partial charge in [0.05, 0.1) is 5.56 Å². The molecule has 1 rings (SSSR count). The van der Waals surface area contributed by atoms with Crippen LogP contribution in [0.5, 0.6) is 0 Å². The first-order valence-electron chi connectivity index (χ1n) is 4.85. The van der Waals surface area contributed by atoms with Crippen LogP contribution in [0.3, 0.4) is 0 Å². The fourth-order valence-corrected chi connectivity index (χ4v) is 1.22. The summed E-state index contributed by atoms with van der Waals surface area (Å²) in [6, 6.07) is 5.27. The van der Waals surface area contributed by atoms with E-state index in [2.05, 4.69) is 0 Å². The van der Waals surface area contributed by atoms with Crippen LogP contribution in [0.4, 0.5) is 13.2 Å². The van der Waals surface area contributed by atoms with E-state index in [1.165, 1.54) is 12.1 Å². The van der Waals surface area contributed by atoms with Gasteiger partial charge in [-0.1, -0.05) is 31.2 Å². The van der Waals surface area contributed by atoms with Crippen molar-refractivity contribution in [2.45, 2.75) is 25.9 Å². The minimum Gasteiger partial charge on any atom is -0.166 e. The second-order valence-corrected chi connectivity index (χ2v) is 3.28. The number of alkyl halides is 3. The van der Waals surface area contributed by atoms with Gasteiger partial charge >= 0.3 is 6.18 Å². The van der Waals surface area contributed by atoms with Crippen molar-refractivity contribution in [3.8, 4) is 0 Å². The highest BCUT2D eigenvalue weighted by Gasteiger charge is 2.29. The summed E-state index contributed by atoms with van der Waals surface area (Å²) in [6.45, 7) is 2.02. The Labute approximate surface area is 87.4 Å². The van der Waals surface area contributed by atoms with Gasteiger partial charge < -0.3 is 0 Å². The summed E-state index contributed by atoms with van der Waals surface area (Å²) >= 11 is 0. The molecular formula is C12H13F3. The zero-order chi connectivity index (χ0) is 11.3. The van der Waals surface area contributed by atoms with E-state index in [1.54, 1.807) is 0 Å². The van der Waals surface area contributed by atoms with Crippen molar-refractivity contribution in [1.82, 2.24) is 0 Å². The van der Waals surface area contributed by atoms with Crippen molar-refractivity contribution < 1.29 is 13.2 Å². The fourth-order valence-electron chi connectivity index (χ4n) is 1.22. The SMILES string of the molecule is CC/C=C/Cc1ccc(C(F)(F)F)cc1. The van der Waals surface area contributed by atoms with Gasteiger partial charge in [-0.25, -0.2) is 0 Å². The molecule has 0 fully saturated rings. The Morgan fingerprint density at radius 1 is 1.07 bits per heavy atom. The predicted molar refractivity (Wildman–Crippen MR) is 54.6 cm³/mol. The van der Waals surface area contributed by atoms with Crippen LogP contribution in [0.2, 0.25) is 0 Å². The van der Waals surface area contributed by atoms with Gasteiger partial charge in [0.2, 0.25) is 0 Å². The Morgan fingerprint density at radius 2 is 1.67 bits per heavy atom. The maximum absolute atomic E-state index is 12.2. The number of rotatable bonds is 3. The first-order valence-corrected chi connectivity index (χ1v) is 4.85. The van der Waals surface area contributed by atoms with Gasteiger partial charge in [0.25, 0.3) is 0 Å². The summed E-state index contributed by atoms with van der Waals surface area (Å²) in [5, 5.41) is 0. The smallest absolute Gasteiger partial charge is 0.166 e. The third kappa shape index (κ3) is 3.78. The first-order chi connectivity index (χ1) is 7.04. The van der Waals surface area contributed by atoms with Crippen molar-refractivity contribution in [1.29, 1.82) is 0 Å². The molecule has 0 aliphatic heterocycles. The average Bonchev–Trinajstić information content (AvgIpc) is 2.18. The van der Waals surface area contributed by atoms with Crippen LogP contribution < -0.4 is 0 Å². The van der Waals surface area contributed by atoms with Crippen molar-refractivity contribution in [2.75, 3.05) is 0 Å². The van der Waals surface area contributed by atoms with Crippen molar-refractivity contribution >= 4 is 0 Å². The summed E-state index contributed by atoms with van der Waals surface area (Å²) in [5.41, 5.74) is 0.304. The molecule has 0 spiro atoms. The molecule has 0 aliphatic rings. The maximum Gasteiger partial charge on any atom is 0.416 e. The molecule has 0 atom stereocenters. The van der Waals surface area contributed by atoms with Gasteiger partial charge in [-0.3, -0.25) is 0 Å². The lowest BCUT2D eigenvalue weighted by Crippen LogP contribution is -2.04. The lowest BCUT2D eigenvalue weighted by Gasteiger charge is -2.06. The van der Waals surface area contributed by atoms with Crippen molar-refractivity contribution in [3.05, 3.63) is 47.5 Å². The third-order valence-corrected chi connectivity index (χ3v) is 2.04. The summed E-state index contributed by atoms with van der Waals surface area (Å²) in [5.74, 6) is 0. The van der Waals surface area contributed by atoms with Crippen LogP contribution in [-0.2, 0) is 12.6 Å². The van der Waals surface area contributed by atoms with E-state index in [9.17, 15) is 13.2 Å². The normalized spacial score (nSPS) is 12.3. The molecule has 0 aromatic heterocycles. The number of halogens is 3. The molecule has 0 N–H and O–H groups in total. The van der Waals surface area contributed by atoms with Crippen LogP contribution in [-0.4, -0.2) is 0 Å². The molecule has 0 amide bonds. The van der Waals surface area contributed by atoms with E-state index in [4.69, 9.17) is 0 Å². The standard InChI is InChI=1S/C12H13F3/c1-2-3-4-5-10-6-8-11(9-7-10)12(13,14)15/h3-4,6-9H,2,5H2,1H3/b4-3+. The summed E-state index contributed by atoms with van der Waals surface area (Å²) in [4.78, 5) is 0. The lowest BCUT2D eigenvalue weighted by molar-refractivity contribution is -0.137. The number of hydrogen-bond donors (Lipinski definition) is 0. The molecule has 0 aliphatic carbocycles. The van der Waals surface area contributed by atoms with E-state index in [0.717, 1.165) is 24.1 Å². The summed E-state index contributed by atoms with van der Waals surface area (Å²) in [7, 11) is 0. The van der Waals surface area contributed by atoms with E-state index < -0.39 is 11.7 Å². The minimum absolute atomic E-state index is 0.592. The maximum atomic E-state index is 12.2. The van der Waals surface area contributed by atoms with E-state index in [-0.39, 0.29) is 0 Å². The zero-order valence-electron chi connectivity index (χ0n) is 8.51. The molecular weight excluding hydrogens is 201 g/mol. The monoisotopic (exact) mass is 214 g/mol. The summed E-state index contributed by atoms with van der Waals surface area (Å²) < 4.78 is 36.6. The van der Waals surface area contributed by atoms with Crippen LogP contribution in [0.1, 0.15) is 24.5 Å². The zero-order valence-corrected chi connectivity index (χ0v) is 8.51. The summed E-state index contributed by atoms with van der Waals surface area (Å²) in [6.07, 6.45) is 1.35. The van der Waals surface area contributed by atoms with Gasteiger partial charge in [0.1, 0.15) is 0 Å². The van der Waals surface area contributed by atoms with Gasteiger partial charge in [-0.05, 0) is 30.5 Å². The molecule has 0 bridgehead atoms. The fraction of sp³-hybridized carbons (Fsp3) is 0.333. The van der Waals surface area contributed by atoms with Crippen LogP contribution in [0, 0.1) is 0 Å². The molecule has 0 unspecified atom stereocenters. The Morgan fingerprint density at radius 3 is 2.13 bits per heavy atom. The molecule has 0 nitrogen and oxygen atoms in total. The number of benzene rings is 1. The quantitative estimate of drug-likeness (QED) is 0.661. The van der Waals surface area contributed by atoms with E-state index in [0.29, 0.717) is 6.42 Å². The highest BCUT2D eigenvalue weighted by molar-refractivity contribution is 5.25. The Bertz CT molecular complexity index is 320. The predicted octanol–water partition coefficient (Wildman–Crippen LogP) is 4.21. The van der Waals surface area contributed by atoms with Gasteiger partial charge in [0.15, 0.2) is 0 Å². The minimum atomic E-state index is -4.24. The second kappa shape index (κ2) is 5.01. The molecule has 0 saturated heterocycles. The van der Waals surface area contributed by atoms with Gasteiger partial charge in [-0.2, -0.15) is 13.2 Å². The molecule has 0 radical (unpaired) electrons.